The van der Waals surface area contributed by atoms with E-state index in [1.807, 2.05) is 0 Å². The maximum Gasteiger partial charge on any atom is 0.434 e. The van der Waals surface area contributed by atoms with Crippen molar-refractivity contribution in [3.63, 3.8) is 0 Å². The van der Waals surface area contributed by atoms with E-state index in [0.29, 0.717) is 16.8 Å². The number of benzene rings is 1. The fourth-order valence-electron chi connectivity index (χ4n) is 3.76. The van der Waals surface area contributed by atoms with Gasteiger partial charge in [-0.1, -0.05) is 24.3 Å². The van der Waals surface area contributed by atoms with Crippen LogP contribution in [-0.4, -0.2) is 43.6 Å². The van der Waals surface area contributed by atoms with Gasteiger partial charge in [-0.3, -0.25) is 0 Å². The number of aromatic nitrogens is 6. The number of halogens is 3. The van der Waals surface area contributed by atoms with Crippen LogP contribution < -0.4 is 14.2 Å². The molecule has 1 fully saturated rings. The van der Waals surface area contributed by atoms with Gasteiger partial charge in [-0.15, -0.1) is 0 Å². The van der Waals surface area contributed by atoms with Crippen LogP contribution in [0.5, 0.6) is 17.5 Å². The van der Waals surface area contributed by atoms with E-state index in [9.17, 15) is 13.2 Å². The van der Waals surface area contributed by atoms with Crippen LogP contribution in [0.3, 0.4) is 0 Å². The number of alkyl halides is 3. The van der Waals surface area contributed by atoms with Gasteiger partial charge in [-0.05, 0) is 18.4 Å². The van der Waals surface area contributed by atoms with Crippen LogP contribution in [0.25, 0.3) is 22.8 Å². The van der Waals surface area contributed by atoms with E-state index in [2.05, 4.69) is 24.9 Å². The highest BCUT2D eigenvalue weighted by atomic mass is 19.4. The monoisotopic (exact) mass is 518 g/mol. The Labute approximate surface area is 218 Å². The second kappa shape index (κ2) is 9.68. The van der Waals surface area contributed by atoms with E-state index in [-0.39, 0.29) is 47.2 Å². The Morgan fingerprint density at radius 3 is 2.49 bits per heavy atom. The molecule has 1 aromatic carbocycles. The molecule has 0 saturated heterocycles. The van der Waals surface area contributed by atoms with Crippen molar-refractivity contribution in [1.82, 2.24) is 29.5 Å². The molecule has 1 aliphatic carbocycles. The molecule has 0 amide bonds. The molecule has 0 atom stereocenters. The van der Waals surface area contributed by atoms with Gasteiger partial charge >= 0.3 is 6.18 Å². The van der Waals surface area contributed by atoms with Gasteiger partial charge in [0.2, 0.25) is 5.88 Å². The largest absolute Gasteiger partial charge is 0.490 e. The molecule has 37 heavy (non-hydrogen) atoms. The summed E-state index contributed by atoms with van der Waals surface area (Å²) in [5.41, 5.74) is 0.574. The van der Waals surface area contributed by atoms with Crippen LogP contribution >= 0.6 is 0 Å². The Morgan fingerprint density at radius 2 is 1.81 bits per heavy atom. The van der Waals surface area contributed by atoms with Crippen LogP contribution in [0.15, 0.2) is 43.0 Å². The molecule has 5 rings (SSSR count). The minimum Gasteiger partial charge on any atom is -0.490 e. The molecular weight excluding hydrogens is 489 g/mol. The second-order valence-electron chi connectivity index (χ2n) is 8.32. The molecule has 3 aromatic heterocycles. The standard InChI is InChI=1S/C25H23F3N6O3/c1-34-11-18(25(26,27)28)32-22(34)16-6-4-14(5-7-16)12-37-23-17(35-2)10-29-21(33-23)19-20(15-8-9-15)30-13-31-24(19)36-3/h4-7,10-11,13,15H,8-9,12H2,1-3H3/i2D3,3D3. The van der Waals surface area contributed by atoms with Crippen LogP contribution in [0.1, 0.15) is 43.9 Å². The van der Waals surface area contributed by atoms with Crippen molar-refractivity contribution >= 4 is 0 Å². The highest BCUT2D eigenvalue weighted by Crippen LogP contribution is 2.45. The molecule has 0 N–H and O–H groups in total. The Bertz CT molecular complexity index is 1620. The second-order valence-corrected chi connectivity index (χ2v) is 8.32. The summed E-state index contributed by atoms with van der Waals surface area (Å²) in [4.78, 5) is 20.4. The smallest absolute Gasteiger partial charge is 0.434 e. The van der Waals surface area contributed by atoms with Crippen molar-refractivity contribution in [3.05, 3.63) is 59.9 Å². The van der Waals surface area contributed by atoms with Gasteiger partial charge in [0.15, 0.2) is 17.3 Å². The first-order valence-electron chi connectivity index (χ1n) is 14.0. The minimum atomic E-state index is -4.58. The minimum absolute atomic E-state index is 0.00710. The van der Waals surface area contributed by atoms with Crippen molar-refractivity contribution in [3.8, 4) is 40.3 Å². The number of nitrogens with zero attached hydrogens (tertiary/aromatic N) is 6. The molecule has 0 aliphatic heterocycles. The summed E-state index contributed by atoms with van der Waals surface area (Å²) in [7, 11) is -4.25. The highest BCUT2D eigenvalue weighted by molar-refractivity contribution is 5.66. The predicted octanol–water partition coefficient (Wildman–Crippen LogP) is 4.83. The first kappa shape index (κ1) is 18.1. The number of ether oxygens (including phenoxy) is 3. The third-order valence-electron chi connectivity index (χ3n) is 5.71. The lowest BCUT2D eigenvalue weighted by atomic mass is 10.1. The molecule has 0 spiro atoms. The first-order valence-corrected chi connectivity index (χ1v) is 11.0. The fourth-order valence-corrected chi connectivity index (χ4v) is 3.76. The summed E-state index contributed by atoms with van der Waals surface area (Å²) in [6.07, 6.45) is 0.168. The van der Waals surface area contributed by atoms with Crippen LogP contribution in [-0.2, 0) is 19.8 Å². The Hall–Kier alpha value is -4.22. The molecule has 0 bridgehead atoms. The summed E-state index contributed by atoms with van der Waals surface area (Å²) < 4.78 is 101. The van der Waals surface area contributed by atoms with Crippen molar-refractivity contribution in [2.45, 2.75) is 31.5 Å². The molecule has 192 valence electrons. The SMILES string of the molecule is [2H]C([2H])([2H])Oc1cnc(-c2c(OC([2H])([2H])[2H])ncnc2C2CC2)nc1OCc1ccc(-c2nc(C(F)(F)F)cn2C)cc1. The number of rotatable bonds is 8. The van der Waals surface area contributed by atoms with Crippen LogP contribution in [0.2, 0.25) is 0 Å². The molecule has 1 aliphatic rings. The Morgan fingerprint density at radius 1 is 1.03 bits per heavy atom. The molecule has 1 saturated carbocycles. The van der Waals surface area contributed by atoms with Crippen LogP contribution in [0.4, 0.5) is 13.2 Å². The number of imidazole rings is 1. The van der Waals surface area contributed by atoms with Crippen molar-refractivity contribution in [1.29, 1.82) is 0 Å². The summed E-state index contributed by atoms with van der Waals surface area (Å²) >= 11 is 0. The molecule has 0 unspecified atom stereocenters. The van der Waals surface area contributed by atoms with Crippen molar-refractivity contribution in [2.24, 2.45) is 7.05 Å². The van der Waals surface area contributed by atoms with Gasteiger partial charge in [0.25, 0.3) is 5.88 Å². The highest BCUT2D eigenvalue weighted by Gasteiger charge is 2.34. The van der Waals surface area contributed by atoms with Gasteiger partial charge < -0.3 is 18.8 Å². The quantitative estimate of drug-likeness (QED) is 0.327. The first-order chi connectivity index (χ1) is 20.1. The summed E-state index contributed by atoms with van der Waals surface area (Å²) in [5, 5.41) is 0. The molecular formula is C25H23F3N6O3. The van der Waals surface area contributed by atoms with Gasteiger partial charge in [0.1, 0.15) is 24.3 Å². The molecule has 4 aromatic rings. The zero-order chi connectivity index (χ0) is 31.2. The summed E-state index contributed by atoms with van der Waals surface area (Å²) in [5.74, 6) is -0.801. The average Bonchev–Trinajstić information content (AvgIpc) is 3.67. The van der Waals surface area contributed by atoms with Crippen molar-refractivity contribution < 1.29 is 35.6 Å². The topological polar surface area (TPSA) is 97.1 Å². The third kappa shape index (κ3) is 5.04. The number of hydrogen-bond acceptors (Lipinski definition) is 8. The van der Waals surface area contributed by atoms with E-state index in [1.54, 1.807) is 24.3 Å². The molecule has 0 radical (unpaired) electrons. The summed E-state index contributed by atoms with van der Waals surface area (Å²) in [6.45, 7) is -0.151. The number of aryl methyl sites for hydroxylation is 1. The number of methoxy groups -OCH3 is 2. The lowest BCUT2D eigenvalue weighted by Crippen LogP contribution is -2.05. The normalized spacial score (nSPS) is 16.5. The van der Waals surface area contributed by atoms with Gasteiger partial charge in [-0.25, -0.2) is 19.9 Å². The van der Waals surface area contributed by atoms with E-state index >= 15 is 0 Å². The van der Waals surface area contributed by atoms with E-state index < -0.39 is 25.9 Å². The zero-order valence-corrected chi connectivity index (χ0v) is 19.3. The van der Waals surface area contributed by atoms with Crippen LogP contribution in [0, 0.1) is 0 Å². The number of hydrogen-bond donors (Lipinski definition) is 0. The van der Waals surface area contributed by atoms with E-state index in [0.717, 1.165) is 25.2 Å². The third-order valence-corrected chi connectivity index (χ3v) is 5.71. The van der Waals surface area contributed by atoms with Gasteiger partial charge in [0.05, 0.1) is 34.2 Å². The Kier molecular flexibility index (Phi) is 4.73. The lowest BCUT2D eigenvalue weighted by molar-refractivity contribution is -0.140. The van der Waals surface area contributed by atoms with Crippen molar-refractivity contribution in [2.75, 3.05) is 14.1 Å². The summed E-state index contributed by atoms with van der Waals surface area (Å²) in [6, 6.07) is 6.33. The van der Waals surface area contributed by atoms with E-state index in [1.165, 1.54) is 17.9 Å². The molecule has 9 nitrogen and oxygen atoms in total. The zero-order valence-electron chi connectivity index (χ0n) is 25.3. The van der Waals surface area contributed by atoms with Gasteiger partial charge in [0, 0.05) is 24.7 Å². The molecule has 3 heterocycles. The molecule has 12 heteroatoms. The maximum atomic E-state index is 13.1. The fraction of sp³-hybridized carbons (Fsp3) is 0.320. The van der Waals surface area contributed by atoms with E-state index in [4.69, 9.17) is 22.4 Å². The Balaban J connectivity index is 1.45. The maximum absolute atomic E-state index is 13.1. The van der Waals surface area contributed by atoms with Gasteiger partial charge in [-0.2, -0.15) is 18.2 Å². The predicted molar refractivity (Wildman–Crippen MR) is 126 cm³/mol. The lowest BCUT2D eigenvalue weighted by Gasteiger charge is -2.14. The average molecular weight is 519 g/mol.